The van der Waals surface area contributed by atoms with Gasteiger partial charge in [0.1, 0.15) is 23.7 Å². The summed E-state index contributed by atoms with van der Waals surface area (Å²) < 4.78 is 11.3. The zero-order valence-corrected chi connectivity index (χ0v) is 12.9. The van der Waals surface area contributed by atoms with Crippen molar-refractivity contribution in [3.63, 3.8) is 0 Å². The predicted octanol–water partition coefficient (Wildman–Crippen LogP) is 4.07. The van der Waals surface area contributed by atoms with Crippen LogP contribution in [0.25, 0.3) is 0 Å². The molecule has 0 amide bonds. The maximum atomic E-state index is 9.19. The lowest BCUT2D eigenvalue weighted by atomic mass is 10.1. The van der Waals surface area contributed by atoms with Crippen LogP contribution in [0, 0.1) is 0 Å². The molecule has 0 fully saturated rings. The van der Waals surface area contributed by atoms with Crippen LogP contribution in [0.1, 0.15) is 19.4 Å². The van der Waals surface area contributed by atoms with E-state index in [1.165, 1.54) is 0 Å². The molecule has 0 unspecified atom stereocenters. The van der Waals surface area contributed by atoms with Crippen LogP contribution in [-0.2, 0) is 6.61 Å². The van der Waals surface area contributed by atoms with Gasteiger partial charge >= 0.3 is 0 Å². The molecule has 0 atom stereocenters. The maximum absolute atomic E-state index is 9.19. The van der Waals surface area contributed by atoms with Gasteiger partial charge in [-0.25, -0.2) is 0 Å². The Morgan fingerprint density at radius 3 is 2.10 bits per heavy atom. The van der Waals surface area contributed by atoms with E-state index in [0.29, 0.717) is 11.6 Å². The molecule has 0 spiro atoms. The molecule has 0 radical (unpaired) electrons. The summed E-state index contributed by atoms with van der Waals surface area (Å²) in [7, 11) is 0. The Kier molecular flexibility index (Phi) is 5.10. The van der Waals surface area contributed by atoms with Crippen molar-refractivity contribution in [1.82, 2.24) is 0 Å². The molecule has 2 aromatic carbocycles. The average molecular weight is 307 g/mol. The van der Waals surface area contributed by atoms with Crippen LogP contribution in [0.5, 0.6) is 11.5 Å². The van der Waals surface area contributed by atoms with E-state index in [1.807, 2.05) is 50.2 Å². The average Bonchev–Trinajstić information content (AvgIpc) is 2.48. The highest BCUT2D eigenvalue weighted by Crippen LogP contribution is 2.20. The predicted molar refractivity (Wildman–Crippen MR) is 84.0 cm³/mol. The first-order valence-electron chi connectivity index (χ1n) is 6.76. The van der Waals surface area contributed by atoms with Gasteiger partial charge in [-0.2, -0.15) is 0 Å². The Hall–Kier alpha value is -1.71. The zero-order chi connectivity index (χ0) is 15.3. The van der Waals surface area contributed by atoms with Gasteiger partial charge in [-0.05, 0) is 55.8 Å². The minimum Gasteiger partial charge on any atom is -0.489 e. The van der Waals surface area contributed by atoms with Gasteiger partial charge in [-0.3, -0.25) is 0 Å². The van der Waals surface area contributed by atoms with Gasteiger partial charge in [-0.15, -0.1) is 0 Å². The van der Waals surface area contributed by atoms with Gasteiger partial charge in [0.25, 0.3) is 0 Å². The van der Waals surface area contributed by atoms with Crippen LogP contribution in [0.3, 0.4) is 0 Å². The summed E-state index contributed by atoms with van der Waals surface area (Å²) in [5.74, 6) is 1.51. The Morgan fingerprint density at radius 2 is 1.52 bits per heavy atom. The summed E-state index contributed by atoms with van der Waals surface area (Å²) in [4.78, 5) is 0. The summed E-state index contributed by atoms with van der Waals surface area (Å²) >= 11 is 5.82. The van der Waals surface area contributed by atoms with Crippen LogP contribution in [-0.4, -0.2) is 17.3 Å². The molecule has 4 heteroatoms. The molecular formula is C17H19ClO3. The van der Waals surface area contributed by atoms with Crippen molar-refractivity contribution in [1.29, 1.82) is 0 Å². The third-order valence-electron chi connectivity index (χ3n) is 2.92. The van der Waals surface area contributed by atoms with E-state index >= 15 is 0 Å². The number of halogens is 1. The standard InChI is InChI=1S/C17H19ClO3/c1-17(2,12-19)21-16-7-3-13(4-8-16)11-20-15-9-5-14(18)6-10-15/h3-10,19H,11-12H2,1-2H3. The summed E-state index contributed by atoms with van der Waals surface area (Å²) in [5, 5.41) is 9.88. The Morgan fingerprint density at radius 1 is 0.952 bits per heavy atom. The van der Waals surface area contributed by atoms with Gasteiger partial charge in [0.15, 0.2) is 0 Å². The normalized spacial score (nSPS) is 11.2. The number of benzene rings is 2. The number of ether oxygens (including phenoxy) is 2. The van der Waals surface area contributed by atoms with E-state index in [0.717, 1.165) is 17.1 Å². The second-order valence-corrected chi connectivity index (χ2v) is 5.84. The second kappa shape index (κ2) is 6.83. The van der Waals surface area contributed by atoms with Crippen LogP contribution >= 0.6 is 11.6 Å². The van der Waals surface area contributed by atoms with Gasteiger partial charge in [0.05, 0.1) is 6.61 Å². The topological polar surface area (TPSA) is 38.7 Å². The maximum Gasteiger partial charge on any atom is 0.126 e. The van der Waals surface area contributed by atoms with Crippen molar-refractivity contribution in [3.8, 4) is 11.5 Å². The monoisotopic (exact) mass is 306 g/mol. The molecule has 0 saturated carbocycles. The fourth-order valence-corrected chi connectivity index (χ4v) is 1.83. The quantitative estimate of drug-likeness (QED) is 0.874. The van der Waals surface area contributed by atoms with Gasteiger partial charge < -0.3 is 14.6 Å². The van der Waals surface area contributed by atoms with Crippen LogP contribution in [0.15, 0.2) is 48.5 Å². The lowest BCUT2D eigenvalue weighted by molar-refractivity contribution is 0.0412. The highest BCUT2D eigenvalue weighted by atomic mass is 35.5. The minimum atomic E-state index is -0.582. The highest BCUT2D eigenvalue weighted by Gasteiger charge is 2.17. The SMILES string of the molecule is CC(C)(CO)Oc1ccc(COc2ccc(Cl)cc2)cc1. The summed E-state index contributed by atoms with van der Waals surface area (Å²) in [5.41, 5.74) is 0.459. The number of rotatable bonds is 6. The van der Waals surface area contributed by atoms with Crippen molar-refractivity contribution in [2.75, 3.05) is 6.61 Å². The molecule has 1 N–H and O–H groups in total. The third-order valence-corrected chi connectivity index (χ3v) is 3.17. The number of aliphatic hydroxyl groups is 1. The molecular weight excluding hydrogens is 288 g/mol. The lowest BCUT2D eigenvalue weighted by Crippen LogP contribution is -2.32. The van der Waals surface area contributed by atoms with E-state index in [1.54, 1.807) is 12.1 Å². The van der Waals surface area contributed by atoms with Gasteiger partial charge in [0.2, 0.25) is 0 Å². The molecule has 0 aliphatic rings. The molecule has 2 rings (SSSR count). The lowest BCUT2D eigenvalue weighted by Gasteiger charge is -2.23. The fourth-order valence-electron chi connectivity index (χ4n) is 1.70. The Labute approximate surface area is 130 Å². The first-order valence-corrected chi connectivity index (χ1v) is 7.13. The zero-order valence-electron chi connectivity index (χ0n) is 12.2. The largest absolute Gasteiger partial charge is 0.489 e. The van der Waals surface area contributed by atoms with Gasteiger partial charge in [-0.1, -0.05) is 23.7 Å². The van der Waals surface area contributed by atoms with Crippen molar-refractivity contribution < 1.29 is 14.6 Å². The fraction of sp³-hybridized carbons (Fsp3) is 0.294. The molecule has 2 aromatic rings. The summed E-state index contributed by atoms with van der Waals surface area (Å²) in [6.07, 6.45) is 0. The molecule has 0 aliphatic heterocycles. The van der Waals surface area contributed by atoms with Crippen molar-refractivity contribution in [2.24, 2.45) is 0 Å². The van der Waals surface area contributed by atoms with Crippen molar-refractivity contribution >= 4 is 11.6 Å². The first-order chi connectivity index (χ1) is 9.98. The second-order valence-electron chi connectivity index (χ2n) is 5.41. The van der Waals surface area contributed by atoms with E-state index in [-0.39, 0.29) is 6.61 Å². The van der Waals surface area contributed by atoms with E-state index in [4.69, 9.17) is 21.1 Å². The molecule has 112 valence electrons. The molecule has 0 heterocycles. The molecule has 21 heavy (non-hydrogen) atoms. The van der Waals surface area contributed by atoms with E-state index in [2.05, 4.69) is 0 Å². The van der Waals surface area contributed by atoms with Gasteiger partial charge in [0, 0.05) is 5.02 Å². The van der Waals surface area contributed by atoms with Crippen LogP contribution in [0.4, 0.5) is 0 Å². The third kappa shape index (κ3) is 4.96. The van der Waals surface area contributed by atoms with Crippen molar-refractivity contribution in [2.45, 2.75) is 26.1 Å². The first kappa shape index (κ1) is 15.7. The number of hydrogen-bond acceptors (Lipinski definition) is 3. The summed E-state index contributed by atoms with van der Waals surface area (Å²) in [6, 6.07) is 14.9. The van der Waals surface area contributed by atoms with Crippen LogP contribution in [0.2, 0.25) is 5.02 Å². The van der Waals surface area contributed by atoms with E-state index in [9.17, 15) is 5.11 Å². The minimum absolute atomic E-state index is 0.0333. The molecule has 0 bridgehead atoms. The Bertz CT molecular complexity index is 562. The number of hydrogen-bond donors (Lipinski definition) is 1. The molecule has 0 aliphatic carbocycles. The Balaban J connectivity index is 1.92. The summed E-state index contributed by atoms with van der Waals surface area (Å²) in [6.45, 7) is 4.12. The van der Waals surface area contributed by atoms with Crippen LogP contribution < -0.4 is 9.47 Å². The molecule has 0 saturated heterocycles. The van der Waals surface area contributed by atoms with Crippen molar-refractivity contribution in [3.05, 3.63) is 59.1 Å². The highest BCUT2D eigenvalue weighted by molar-refractivity contribution is 6.30. The smallest absolute Gasteiger partial charge is 0.126 e. The molecule has 0 aromatic heterocycles. The van der Waals surface area contributed by atoms with E-state index < -0.39 is 5.60 Å². The molecule has 3 nitrogen and oxygen atoms in total. The number of aliphatic hydroxyl groups excluding tert-OH is 1.